The fourth-order valence-corrected chi connectivity index (χ4v) is 4.32. The van der Waals surface area contributed by atoms with Crippen LogP contribution in [0.4, 0.5) is 0 Å². The predicted octanol–water partition coefficient (Wildman–Crippen LogP) is 6.96. The van der Waals surface area contributed by atoms with Gasteiger partial charge in [0.25, 0.3) is 0 Å². The molecule has 0 heterocycles. The van der Waals surface area contributed by atoms with Gasteiger partial charge in [0.2, 0.25) is 0 Å². The third-order valence-corrected chi connectivity index (χ3v) is 6.40. The van der Waals surface area contributed by atoms with Crippen molar-refractivity contribution in [3.05, 3.63) is 0 Å². The van der Waals surface area contributed by atoms with Gasteiger partial charge in [0.15, 0.2) is 0 Å². The molecule has 0 atom stereocenters. The third kappa shape index (κ3) is 23.8. The van der Waals surface area contributed by atoms with E-state index in [9.17, 15) is 14.7 Å². The molecular weight excluding hydrogens is 424 g/mol. The fourth-order valence-electron chi connectivity index (χ4n) is 4.32. The van der Waals surface area contributed by atoms with Crippen molar-refractivity contribution in [1.29, 1.82) is 0 Å². The van der Waals surface area contributed by atoms with Crippen LogP contribution in [0.3, 0.4) is 0 Å². The summed E-state index contributed by atoms with van der Waals surface area (Å²) in [6.07, 6.45) is 20.9. The van der Waals surface area contributed by atoms with Crippen molar-refractivity contribution in [2.45, 2.75) is 147 Å². The van der Waals surface area contributed by atoms with E-state index in [0.29, 0.717) is 12.8 Å². The Morgan fingerprint density at radius 1 is 0.515 bits per heavy atom. The van der Waals surface area contributed by atoms with Crippen LogP contribution in [0.2, 0.25) is 0 Å². The molecule has 7 heteroatoms. The average Bonchev–Trinajstić information content (AvgIpc) is 2.75. The van der Waals surface area contributed by atoms with Crippen molar-refractivity contribution in [2.75, 3.05) is 6.61 Å². The van der Waals surface area contributed by atoms with E-state index in [-0.39, 0.29) is 19.4 Å². The number of unbranched alkanes of at least 4 members (excludes halogenated alkanes) is 16. The lowest BCUT2D eigenvalue weighted by atomic mass is 9.90. The number of aliphatic hydroxyl groups is 1. The molecule has 0 rings (SSSR count). The van der Waals surface area contributed by atoms with Crippen molar-refractivity contribution >= 4 is 11.9 Å². The molecule has 0 saturated carbocycles. The van der Waals surface area contributed by atoms with Gasteiger partial charge in [-0.1, -0.05) is 103 Å². The molecule has 7 nitrogen and oxygen atoms in total. The molecule has 0 aliphatic rings. The Bertz CT molecular complexity index is 432. The Balaban J connectivity index is 3.61. The number of rotatable bonds is 26. The highest BCUT2D eigenvalue weighted by Crippen LogP contribution is 2.24. The van der Waals surface area contributed by atoms with E-state index in [4.69, 9.17) is 15.5 Å². The zero-order valence-corrected chi connectivity index (χ0v) is 20.8. The number of carbonyl (C=O) groups is 2. The van der Waals surface area contributed by atoms with Crippen LogP contribution in [0.1, 0.15) is 141 Å². The first-order valence-electron chi connectivity index (χ1n) is 13.3. The summed E-state index contributed by atoms with van der Waals surface area (Å²) in [7, 11) is 0. The van der Waals surface area contributed by atoms with Crippen molar-refractivity contribution in [2.24, 2.45) is 0 Å². The lowest BCUT2D eigenvalue weighted by Crippen LogP contribution is -2.34. The lowest BCUT2D eigenvalue weighted by Gasteiger charge is -2.26. The highest BCUT2D eigenvalue weighted by atomic mass is 17.1. The molecule has 0 aromatic heterocycles. The number of hydrogen-bond acceptors (Lipinski definition) is 5. The minimum absolute atomic E-state index is 0.0281. The lowest BCUT2D eigenvalue weighted by molar-refractivity contribution is -0.274. The monoisotopic (exact) mass is 474 g/mol. The van der Waals surface area contributed by atoms with Gasteiger partial charge in [0.05, 0.1) is 5.60 Å². The van der Waals surface area contributed by atoms with Gasteiger partial charge >= 0.3 is 11.9 Å². The first-order chi connectivity index (χ1) is 15.9. The van der Waals surface area contributed by atoms with E-state index in [1.54, 1.807) is 0 Å². The van der Waals surface area contributed by atoms with Crippen LogP contribution in [0, 0.1) is 0 Å². The first kappa shape index (κ1) is 31.8. The molecule has 4 N–H and O–H groups in total. The molecule has 0 aliphatic heterocycles. The van der Waals surface area contributed by atoms with E-state index in [1.807, 2.05) is 0 Å². The molecule has 0 fully saturated rings. The van der Waals surface area contributed by atoms with Gasteiger partial charge in [0, 0.05) is 12.8 Å². The predicted molar refractivity (Wildman–Crippen MR) is 130 cm³/mol. The van der Waals surface area contributed by atoms with Crippen LogP contribution < -0.4 is 0 Å². The Hall–Kier alpha value is -1.18. The second-order valence-electron chi connectivity index (χ2n) is 9.65. The smallest absolute Gasteiger partial charge is 0.303 e. The Morgan fingerprint density at radius 3 is 1.06 bits per heavy atom. The summed E-state index contributed by atoms with van der Waals surface area (Å²) in [5.41, 5.74) is -0.941. The number of carboxylic acid groups (broad SMARTS) is 2. The van der Waals surface area contributed by atoms with Gasteiger partial charge in [-0.3, -0.25) is 14.8 Å². The molecule has 196 valence electrons. The summed E-state index contributed by atoms with van der Waals surface area (Å²) >= 11 is 0. The minimum Gasteiger partial charge on any atom is -0.481 e. The Morgan fingerprint density at radius 2 is 0.788 bits per heavy atom. The quantitative estimate of drug-likeness (QED) is 0.0606. The van der Waals surface area contributed by atoms with Gasteiger partial charge in [-0.05, 0) is 25.7 Å². The van der Waals surface area contributed by atoms with Crippen molar-refractivity contribution in [3.63, 3.8) is 0 Å². The molecule has 0 bridgehead atoms. The highest BCUT2D eigenvalue weighted by molar-refractivity contribution is 5.66. The van der Waals surface area contributed by atoms with Crippen LogP contribution in [-0.4, -0.2) is 44.7 Å². The van der Waals surface area contributed by atoms with Crippen molar-refractivity contribution in [1.82, 2.24) is 0 Å². The summed E-state index contributed by atoms with van der Waals surface area (Å²) in [6.45, 7) is -0.0281. The fraction of sp³-hybridized carbons (Fsp3) is 0.923. The maximum Gasteiger partial charge on any atom is 0.303 e. The van der Waals surface area contributed by atoms with Crippen LogP contribution in [0.25, 0.3) is 0 Å². The van der Waals surface area contributed by atoms with Gasteiger partial charge in [-0.15, -0.1) is 0 Å². The number of aliphatic carboxylic acids is 2. The van der Waals surface area contributed by atoms with E-state index in [0.717, 1.165) is 89.9 Å². The Labute approximate surface area is 200 Å². The minimum atomic E-state index is -0.941. The van der Waals surface area contributed by atoms with Crippen LogP contribution >= 0.6 is 0 Å². The molecule has 0 aliphatic carbocycles. The van der Waals surface area contributed by atoms with E-state index < -0.39 is 17.5 Å². The molecule has 0 unspecified atom stereocenters. The Kier molecular flexibility index (Phi) is 21.8. The third-order valence-electron chi connectivity index (χ3n) is 6.40. The highest BCUT2D eigenvalue weighted by Gasteiger charge is 2.26. The molecule has 0 saturated heterocycles. The summed E-state index contributed by atoms with van der Waals surface area (Å²) < 4.78 is 0. The number of hydrogen-bond donors (Lipinski definition) is 4. The molecule has 0 aromatic rings. The van der Waals surface area contributed by atoms with Crippen molar-refractivity contribution < 1.29 is 35.1 Å². The molecule has 0 amide bonds. The largest absolute Gasteiger partial charge is 0.481 e. The molecule has 33 heavy (non-hydrogen) atoms. The molecule has 0 spiro atoms. The zero-order valence-electron chi connectivity index (χ0n) is 20.8. The second kappa shape index (κ2) is 22.6. The number of carboxylic acids is 2. The second-order valence-corrected chi connectivity index (χ2v) is 9.65. The van der Waals surface area contributed by atoms with Gasteiger partial charge in [-0.25, -0.2) is 4.89 Å². The van der Waals surface area contributed by atoms with E-state index in [1.165, 1.54) is 25.7 Å². The van der Waals surface area contributed by atoms with Crippen LogP contribution in [0.15, 0.2) is 0 Å². The van der Waals surface area contributed by atoms with Gasteiger partial charge < -0.3 is 15.3 Å². The van der Waals surface area contributed by atoms with Gasteiger partial charge in [-0.2, -0.15) is 0 Å². The standard InChI is InChI=1S/C26H50O7/c27-24(28)19-15-11-7-3-1-5-9-13-17-21-26(31,23-33-32)22-18-14-10-6-2-4-8-12-16-20-25(29)30/h31-32H,1-23H2,(H,27,28)(H,29,30). The molecule has 0 aromatic carbocycles. The maximum atomic E-state index is 10.8. The molecule has 0 radical (unpaired) electrons. The first-order valence-corrected chi connectivity index (χ1v) is 13.3. The van der Waals surface area contributed by atoms with Crippen LogP contribution in [0.5, 0.6) is 0 Å². The summed E-state index contributed by atoms with van der Waals surface area (Å²) in [5, 5.41) is 36.8. The van der Waals surface area contributed by atoms with E-state index in [2.05, 4.69) is 4.89 Å². The van der Waals surface area contributed by atoms with Gasteiger partial charge in [0.1, 0.15) is 6.61 Å². The zero-order chi connectivity index (χ0) is 24.6. The average molecular weight is 475 g/mol. The summed E-state index contributed by atoms with van der Waals surface area (Å²) in [4.78, 5) is 25.2. The summed E-state index contributed by atoms with van der Waals surface area (Å²) in [6, 6.07) is 0. The summed E-state index contributed by atoms with van der Waals surface area (Å²) in [5.74, 6) is -1.42. The maximum absolute atomic E-state index is 10.8. The topological polar surface area (TPSA) is 124 Å². The van der Waals surface area contributed by atoms with E-state index >= 15 is 0 Å². The normalized spacial score (nSPS) is 11.7. The van der Waals surface area contributed by atoms with Crippen molar-refractivity contribution in [3.8, 4) is 0 Å². The SMILES string of the molecule is O=C(O)CCCCCCCCCCCC(O)(CCCCCCCCCCCC(=O)O)COO. The molecular formula is C26H50O7. The van der Waals surface area contributed by atoms with Crippen LogP contribution in [-0.2, 0) is 14.5 Å².